The van der Waals surface area contributed by atoms with Gasteiger partial charge in [0.05, 0.1) is 12.3 Å². The molecule has 0 amide bonds. The lowest BCUT2D eigenvalue weighted by molar-refractivity contribution is 0.184. The van der Waals surface area contributed by atoms with Gasteiger partial charge in [0, 0.05) is 12.7 Å². The monoisotopic (exact) mass is 153 g/mol. The first kappa shape index (κ1) is 7.94. The third-order valence-electron chi connectivity index (χ3n) is 1.40. The van der Waals surface area contributed by atoms with Crippen LogP contribution in [0.15, 0.2) is 6.07 Å². The van der Waals surface area contributed by atoms with Crippen molar-refractivity contribution in [1.29, 1.82) is 0 Å². The van der Waals surface area contributed by atoms with Crippen LogP contribution in [-0.4, -0.2) is 17.3 Å². The molecule has 0 aliphatic heterocycles. The average Bonchev–Trinajstić information content (AvgIpc) is 1.98. The molecule has 60 valence electrons. The predicted molar refractivity (Wildman–Crippen MR) is 41.9 cm³/mol. The molecule has 1 aromatic rings. The lowest BCUT2D eigenvalue weighted by atomic mass is 10.2. The van der Waals surface area contributed by atoms with E-state index in [0.29, 0.717) is 12.4 Å². The molecule has 0 saturated heterocycles. The van der Waals surface area contributed by atoms with E-state index in [9.17, 15) is 0 Å². The van der Waals surface area contributed by atoms with Crippen LogP contribution in [0.2, 0.25) is 0 Å². The quantitative estimate of drug-likeness (QED) is 0.672. The van der Waals surface area contributed by atoms with Gasteiger partial charge in [0.25, 0.3) is 0 Å². The fourth-order valence-electron chi connectivity index (χ4n) is 0.810. The van der Waals surface area contributed by atoms with Gasteiger partial charge in [-0.05, 0) is 13.0 Å². The number of hydrogen-bond donors (Lipinski definition) is 1. The van der Waals surface area contributed by atoms with Gasteiger partial charge in [0.1, 0.15) is 5.82 Å². The van der Waals surface area contributed by atoms with Crippen molar-refractivity contribution in [2.45, 2.75) is 13.5 Å². The van der Waals surface area contributed by atoms with Crippen LogP contribution in [0.5, 0.6) is 0 Å². The molecule has 0 spiro atoms. The Bertz CT molecular complexity index is 249. The number of anilines is 1. The Morgan fingerprint density at radius 3 is 2.91 bits per heavy atom. The van der Waals surface area contributed by atoms with Gasteiger partial charge in [-0.15, -0.1) is 5.10 Å². The Morgan fingerprint density at radius 1 is 1.55 bits per heavy atom. The van der Waals surface area contributed by atoms with Crippen molar-refractivity contribution in [2.24, 2.45) is 0 Å². The average molecular weight is 153 g/mol. The maximum atomic E-state index is 5.43. The van der Waals surface area contributed by atoms with Crippen LogP contribution < -0.4 is 5.73 Å². The largest absolute Gasteiger partial charge is 0.382 e. The minimum Gasteiger partial charge on any atom is -0.382 e. The molecule has 1 rings (SSSR count). The van der Waals surface area contributed by atoms with Gasteiger partial charge in [0.2, 0.25) is 0 Å². The van der Waals surface area contributed by atoms with Gasteiger partial charge < -0.3 is 10.5 Å². The predicted octanol–water partition coefficient (Wildman–Crippen LogP) is 0.514. The lowest BCUT2D eigenvalue weighted by Crippen LogP contribution is -2.00. The van der Waals surface area contributed by atoms with Crippen LogP contribution in [0.3, 0.4) is 0 Å². The third kappa shape index (κ3) is 1.88. The lowest BCUT2D eigenvalue weighted by Gasteiger charge is -2.02. The van der Waals surface area contributed by atoms with E-state index < -0.39 is 0 Å². The summed E-state index contributed by atoms with van der Waals surface area (Å²) in [6, 6.07) is 1.77. The molecule has 0 fully saturated rings. The van der Waals surface area contributed by atoms with E-state index in [1.807, 2.05) is 6.92 Å². The van der Waals surface area contributed by atoms with Gasteiger partial charge >= 0.3 is 0 Å². The van der Waals surface area contributed by atoms with Crippen molar-refractivity contribution in [1.82, 2.24) is 10.2 Å². The molecule has 11 heavy (non-hydrogen) atoms. The summed E-state index contributed by atoms with van der Waals surface area (Å²) in [5.41, 5.74) is 7.28. The van der Waals surface area contributed by atoms with Crippen LogP contribution in [0.1, 0.15) is 11.3 Å². The molecule has 0 aliphatic rings. The first-order valence-electron chi connectivity index (χ1n) is 3.31. The highest BCUT2D eigenvalue weighted by Crippen LogP contribution is 2.07. The minimum absolute atomic E-state index is 0.433. The number of nitrogens with two attached hydrogens (primary N) is 1. The van der Waals surface area contributed by atoms with Gasteiger partial charge in [-0.1, -0.05) is 0 Å². The van der Waals surface area contributed by atoms with Crippen molar-refractivity contribution in [3.8, 4) is 0 Å². The molecular weight excluding hydrogens is 142 g/mol. The molecule has 0 saturated carbocycles. The number of nitrogens with zero attached hydrogens (tertiary/aromatic N) is 2. The molecule has 2 N–H and O–H groups in total. The zero-order chi connectivity index (χ0) is 8.27. The minimum atomic E-state index is 0.433. The highest BCUT2D eigenvalue weighted by atomic mass is 16.5. The number of aryl methyl sites for hydroxylation is 1. The van der Waals surface area contributed by atoms with E-state index in [1.54, 1.807) is 13.2 Å². The van der Waals surface area contributed by atoms with E-state index in [0.717, 1.165) is 11.3 Å². The molecule has 1 aromatic heterocycles. The maximum Gasteiger partial charge on any atom is 0.146 e. The van der Waals surface area contributed by atoms with Crippen molar-refractivity contribution in [3.05, 3.63) is 17.3 Å². The molecule has 0 bridgehead atoms. The van der Waals surface area contributed by atoms with E-state index in [4.69, 9.17) is 10.5 Å². The van der Waals surface area contributed by atoms with Gasteiger partial charge in [-0.2, -0.15) is 5.10 Å². The Kier molecular flexibility index (Phi) is 2.38. The van der Waals surface area contributed by atoms with E-state index in [-0.39, 0.29) is 0 Å². The SMILES string of the molecule is COCc1cc(N)nnc1C. The highest BCUT2D eigenvalue weighted by Gasteiger charge is 1.99. The Morgan fingerprint density at radius 2 is 2.27 bits per heavy atom. The summed E-state index contributed by atoms with van der Waals surface area (Å²) < 4.78 is 4.94. The zero-order valence-corrected chi connectivity index (χ0v) is 6.66. The molecule has 0 aromatic carbocycles. The summed E-state index contributed by atoms with van der Waals surface area (Å²) in [6.45, 7) is 2.41. The smallest absolute Gasteiger partial charge is 0.146 e. The molecule has 0 aliphatic carbocycles. The molecular formula is C7H11N3O. The fraction of sp³-hybridized carbons (Fsp3) is 0.429. The normalized spacial score (nSPS) is 10.0. The van der Waals surface area contributed by atoms with E-state index in [2.05, 4.69) is 10.2 Å². The number of rotatable bonds is 2. The number of nitrogen functional groups attached to an aromatic ring is 1. The van der Waals surface area contributed by atoms with E-state index >= 15 is 0 Å². The summed E-state index contributed by atoms with van der Waals surface area (Å²) in [5, 5.41) is 7.54. The second-order valence-corrected chi connectivity index (χ2v) is 2.31. The standard InChI is InChI=1S/C7H11N3O/c1-5-6(4-11-2)3-7(8)10-9-5/h3H,4H2,1-2H3,(H2,8,10). The molecule has 4 heteroatoms. The van der Waals surface area contributed by atoms with Crippen LogP contribution >= 0.6 is 0 Å². The summed E-state index contributed by atoms with van der Waals surface area (Å²) in [6.07, 6.45) is 0. The molecule has 0 atom stereocenters. The highest BCUT2D eigenvalue weighted by molar-refractivity contribution is 5.32. The Labute approximate surface area is 65.4 Å². The number of aromatic nitrogens is 2. The van der Waals surface area contributed by atoms with Gasteiger partial charge in [-0.25, -0.2) is 0 Å². The molecule has 0 unspecified atom stereocenters. The second kappa shape index (κ2) is 3.30. The van der Waals surface area contributed by atoms with Crippen LogP contribution in [-0.2, 0) is 11.3 Å². The van der Waals surface area contributed by atoms with Gasteiger partial charge in [-0.3, -0.25) is 0 Å². The maximum absolute atomic E-state index is 5.43. The fourth-order valence-corrected chi connectivity index (χ4v) is 0.810. The second-order valence-electron chi connectivity index (χ2n) is 2.31. The van der Waals surface area contributed by atoms with Gasteiger partial charge in [0.15, 0.2) is 0 Å². The van der Waals surface area contributed by atoms with Crippen molar-refractivity contribution < 1.29 is 4.74 Å². The molecule has 1 heterocycles. The molecule has 0 radical (unpaired) electrons. The van der Waals surface area contributed by atoms with Crippen molar-refractivity contribution in [2.75, 3.05) is 12.8 Å². The van der Waals surface area contributed by atoms with E-state index in [1.165, 1.54) is 0 Å². The molecule has 4 nitrogen and oxygen atoms in total. The van der Waals surface area contributed by atoms with Crippen molar-refractivity contribution >= 4 is 5.82 Å². The Hall–Kier alpha value is -1.16. The summed E-state index contributed by atoms with van der Waals surface area (Å²) in [5.74, 6) is 0.433. The van der Waals surface area contributed by atoms with Crippen LogP contribution in [0.4, 0.5) is 5.82 Å². The van der Waals surface area contributed by atoms with Crippen LogP contribution in [0, 0.1) is 6.92 Å². The van der Waals surface area contributed by atoms with Crippen LogP contribution in [0.25, 0.3) is 0 Å². The third-order valence-corrected chi connectivity index (χ3v) is 1.40. The summed E-state index contributed by atoms with van der Waals surface area (Å²) >= 11 is 0. The first-order valence-corrected chi connectivity index (χ1v) is 3.31. The number of hydrogen-bond acceptors (Lipinski definition) is 4. The topological polar surface area (TPSA) is 61.0 Å². The Balaban J connectivity index is 2.93. The number of methoxy groups -OCH3 is 1. The summed E-state index contributed by atoms with van der Waals surface area (Å²) in [7, 11) is 1.63. The zero-order valence-electron chi connectivity index (χ0n) is 6.66. The summed E-state index contributed by atoms with van der Waals surface area (Å²) in [4.78, 5) is 0. The first-order chi connectivity index (χ1) is 5.24. The number of ether oxygens (including phenoxy) is 1. The van der Waals surface area contributed by atoms with Crippen molar-refractivity contribution in [3.63, 3.8) is 0 Å².